The van der Waals surface area contributed by atoms with Gasteiger partial charge in [0.15, 0.2) is 11.6 Å². The molecule has 0 amide bonds. The van der Waals surface area contributed by atoms with E-state index in [0.717, 1.165) is 45.9 Å². The van der Waals surface area contributed by atoms with Gasteiger partial charge in [0.1, 0.15) is 0 Å². The lowest BCUT2D eigenvalue weighted by molar-refractivity contribution is 0.615. The van der Waals surface area contributed by atoms with Gasteiger partial charge in [-0.2, -0.15) is 9.97 Å². The Morgan fingerprint density at radius 1 is 0.667 bits per heavy atom. The Hall–Kier alpha value is -4.36. The van der Waals surface area contributed by atoms with Crippen LogP contribution in [0.25, 0.3) is 50.5 Å². The minimum Gasteiger partial charge on any atom is -0.450 e. The van der Waals surface area contributed by atoms with Gasteiger partial charge in [0.05, 0.1) is 11.0 Å². The lowest BCUT2D eigenvalue weighted by Gasteiger charge is -2.10. The summed E-state index contributed by atoms with van der Waals surface area (Å²) in [4.78, 5) is 18.9. The van der Waals surface area contributed by atoms with Crippen molar-refractivity contribution in [2.75, 3.05) is 0 Å². The third-order valence-electron chi connectivity index (χ3n) is 5.63. The number of hydrogen-bond acceptors (Lipinski definition) is 5. The van der Waals surface area contributed by atoms with E-state index in [1.54, 1.807) is 6.20 Å². The van der Waals surface area contributed by atoms with Crippen molar-refractivity contribution in [3.05, 3.63) is 97.3 Å². The smallest absolute Gasteiger partial charge is 0.326 e. The zero-order valence-electron chi connectivity index (χ0n) is 17.5. The summed E-state index contributed by atoms with van der Waals surface area (Å²) in [6.45, 7) is 0. The van der Waals surface area contributed by atoms with E-state index < -0.39 is 0 Å². The molecule has 0 saturated heterocycles. The van der Waals surface area contributed by atoms with Crippen LogP contribution < -0.4 is 5.46 Å². The van der Waals surface area contributed by atoms with Crippen LogP contribution in [0.2, 0.25) is 0 Å². The normalized spacial score (nSPS) is 11.2. The molecule has 0 unspecified atom stereocenters. The molecule has 1 N–H and O–H groups in total. The molecular weight excluding hydrogens is 409 g/mol. The van der Waals surface area contributed by atoms with E-state index in [1.165, 1.54) is 0 Å². The Morgan fingerprint density at radius 2 is 1.30 bits per heavy atom. The Morgan fingerprint density at radius 3 is 1.94 bits per heavy atom. The van der Waals surface area contributed by atoms with Crippen LogP contribution in [0.3, 0.4) is 0 Å². The number of rotatable bonds is 4. The maximum atomic E-state index is 9.54. The first-order valence-corrected chi connectivity index (χ1v) is 10.5. The van der Waals surface area contributed by atoms with Crippen LogP contribution in [0.15, 0.2) is 97.3 Å². The number of benzene rings is 3. The highest BCUT2D eigenvalue weighted by atomic mass is 16.2. The summed E-state index contributed by atoms with van der Waals surface area (Å²) in [5, 5.41) is 11.5. The first-order chi connectivity index (χ1) is 16.3. The van der Waals surface area contributed by atoms with E-state index in [-0.39, 0.29) is 0 Å². The fourth-order valence-corrected chi connectivity index (χ4v) is 4.08. The molecule has 6 nitrogen and oxygen atoms in total. The van der Waals surface area contributed by atoms with E-state index in [2.05, 4.69) is 4.98 Å². The predicted octanol–water partition coefficient (Wildman–Crippen LogP) is 3.93. The number of fused-ring (bicyclic) bond motifs is 3. The monoisotopic (exact) mass is 426 g/mol. The van der Waals surface area contributed by atoms with Crippen LogP contribution >= 0.6 is 0 Å². The van der Waals surface area contributed by atoms with Crippen molar-refractivity contribution in [1.82, 2.24) is 24.5 Å². The summed E-state index contributed by atoms with van der Waals surface area (Å²) in [6, 6.07) is 27.5. The molecule has 0 aliphatic carbocycles. The van der Waals surface area contributed by atoms with Gasteiger partial charge in [-0.05, 0) is 12.1 Å². The SMILES string of the molecule is O[B]c1ccc2c(c1)c1cnccc1n2-c1nc(-c2ccccc2)nc(-c2ccccc2)n1. The van der Waals surface area contributed by atoms with Crippen molar-refractivity contribution in [2.24, 2.45) is 0 Å². The summed E-state index contributed by atoms with van der Waals surface area (Å²) in [5.74, 6) is 1.72. The van der Waals surface area contributed by atoms with Crippen molar-refractivity contribution >= 4 is 34.8 Å². The molecule has 6 aromatic rings. The lowest BCUT2D eigenvalue weighted by Crippen LogP contribution is -2.12. The number of nitrogens with zero attached hydrogens (tertiary/aromatic N) is 5. The van der Waals surface area contributed by atoms with Gasteiger partial charge in [0, 0.05) is 34.3 Å². The zero-order valence-corrected chi connectivity index (χ0v) is 17.5. The van der Waals surface area contributed by atoms with Crippen molar-refractivity contribution in [3.8, 4) is 28.7 Å². The molecule has 0 fully saturated rings. The third kappa shape index (κ3) is 3.35. The maximum absolute atomic E-state index is 9.54. The molecule has 6 rings (SSSR count). The standard InChI is InChI=1S/C26H17BN5O/c33-27-19-11-12-22-20(15-19)21-16-28-14-13-23(21)32(22)26-30-24(17-7-3-1-4-8-17)29-25(31-26)18-9-5-2-6-10-18/h1-16,33H. The van der Waals surface area contributed by atoms with Crippen molar-refractivity contribution in [2.45, 2.75) is 0 Å². The largest absolute Gasteiger partial charge is 0.450 e. The Bertz CT molecular complexity index is 1540. The molecule has 1 radical (unpaired) electrons. The summed E-state index contributed by atoms with van der Waals surface area (Å²) < 4.78 is 2.02. The number of aromatic nitrogens is 5. The predicted molar refractivity (Wildman–Crippen MR) is 130 cm³/mol. The molecule has 7 heteroatoms. The average Bonchev–Trinajstić information content (AvgIpc) is 3.23. The van der Waals surface area contributed by atoms with Crippen LogP contribution in [0.5, 0.6) is 0 Å². The summed E-state index contributed by atoms with van der Waals surface area (Å²) >= 11 is 0. The van der Waals surface area contributed by atoms with Gasteiger partial charge in [0.2, 0.25) is 5.95 Å². The van der Waals surface area contributed by atoms with Crippen LogP contribution in [0, 0.1) is 0 Å². The Balaban J connectivity index is 1.68. The second-order valence-electron chi connectivity index (χ2n) is 7.65. The molecule has 0 atom stereocenters. The van der Waals surface area contributed by atoms with Crippen molar-refractivity contribution in [3.63, 3.8) is 0 Å². The topological polar surface area (TPSA) is 76.7 Å². The van der Waals surface area contributed by atoms with Gasteiger partial charge < -0.3 is 5.02 Å². The fraction of sp³-hybridized carbons (Fsp3) is 0. The van der Waals surface area contributed by atoms with Gasteiger partial charge in [-0.1, -0.05) is 78.3 Å². The molecule has 33 heavy (non-hydrogen) atoms. The van der Waals surface area contributed by atoms with E-state index in [9.17, 15) is 5.02 Å². The van der Waals surface area contributed by atoms with Crippen LogP contribution in [-0.2, 0) is 0 Å². The molecule has 0 aliphatic rings. The van der Waals surface area contributed by atoms with Crippen molar-refractivity contribution < 1.29 is 5.02 Å². The molecule has 0 spiro atoms. The third-order valence-corrected chi connectivity index (χ3v) is 5.63. The molecule has 0 aliphatic heterocycles. The first kappa shape index (κ1) is 19.3. The lowest BCUT2D eigenvalue weighted by atomic mass is 9.88. The van der Waals surface area contributed by atoms with Crippen LogP contribution in [-0.4, -0.2) is 37.0 Å². The molecular formula is C26H17BN5O. The fourth-order valence-electron chi connectivity index (χ4n) is 4.08. The summed E-state index contributed by atoms with van der Waals surface area (Å²) in [7, 11) is 1.10. The molecule has 3 aromatic heterocycles. The van der Waals surface area contributed by atoms with Gasteiger partial charge in [-0.3, -0.25) is 9.55 Å². The summed E-state index contributed by atoms with van der Waals surface area (Å²) in [6.07, 6.45) is 3.58. The number of pyridine rings is 1. The average molecular weight is 426 g/mol. The van der Waals surface area contributed by atoms with Crippen molar-refractivity contribution in [1.29, 1.82) is 0 Å². The highest BCUT2D eigenvalue weighted by Crippen LogP contribution is 2.31. The molecule has 3 aromatic carbocycles. The van der Waals surface area contributed by atoms with Crippen LogP contribution in [0.1, 0.15) is 0 Å². The Labute approximate surface area is 190 Å². The van der Waals surface area contributed by atoms with E-state index in [1.807, 2.05) is 95.7 Å². The first-order valence-electron chi connectivity index (χ1n) is 10.5. The zero-order chi connectivity index (χ0) is 22.2. The summed E-state index contributed by atoms with van der Waals surface area (Å²) in [5.41, 5.74) is 4.40. The minimum atomic E-state index is 0.523. The molecule has 3 heterocycles. The minimum absolute atomic E-state index is 0.523. The molecule has 155 valence electrons. The van der Waals surface area contributed by atoms with Crippen LogP contribution in [0.4, 0.5) is 0 Å². The molecule has 0 bridgehead atoms. The Kier molecular flexibility index (Phi) is 4.67. The second kappa shape index (κ2) is 7.96. The quantitative estimate of drug-likeness (QED) is 0.433. The van der Waals surface area contributed by atoms with E-state index in [0.29, 0.717) is 17.6 Å². The number of hydrogen-bond donors (Lipinski definition) is 1. The van der Waals surface area contributed by atoms with E-state index >= 15 is 0 Å². The highest BCUT2D eigenvalue weighted by Gasteiger charge is 2.18. The van der Waals surface area contributed by atoms with E-state index in [4.69, 9.17) is 15.0 Å². The molecule has 0 saturated carbocycles. The maximum Gasteiger partial charge on any atom is 0.326 e. The van der Waals surface area contributed by atoms with Gasteiger partial charge in [-0.25, -0.2) is 4.98 Å². The second-order valence-corrected chi connectivity index (χ2v) is 7.65. The van der Waals surface area contributed by atoms with Gasteiger partial charge in [-0.15, -0.1) is 0 Å². The van der Waals surface area contributed by atoms with Gasteiger partial charge >= 0.3 is 7.48 Å². The highest BCUT2D eigenvalue weighted by molar-refractivity contribution is 6.46. The van der Waals surface area contributed by atoms with Gasteiger partial charge in [0.25, 0.3) is 0 Å².